The summed E-state index contributed by atoms with van der Waals surface area (Å²) in [5.74, 6) is 0.0687. The molecule has 1 aliphatic rings. The van der Waals surface area contributed by atoms with Crippen LogP contribution >= 0.6 is 22.9 Å². The van der Waals surface area contributed by atoms with Crippen LogP contribution in [0, 0.1) is 0 Å². The molecule has 1 aromatic heterocycles. The third-order valence-corrected chi connectivity index (χ3v) is 6.87. The number of Topliss-reactive ketones (excluding diaryl/α,β-unsaturated/α-hetero) is 1. The maximum absolute atomic E-state index is 13.0. The molecular formula is C23H30ClN3O2S. The van der Waals surface area contributed by atoms with Gasteiger partial charge in [-0.25, -0.2) is 0 Å². The molecule has 0 unspecified atom stereocenters. The third kappa shape index (κ3) is 5.91. The van der Waals surface area contributed by atoms with Gasteiger partial charge >= 0.3 is 0 Å². The summed E-state index contributed by atoms with van der Waals surface area (Å²) in [5.41, 5.74) is 2.83. The van der Waals surface area contributed by atoms with Gasteiger partial charge < -0.3 is 10.2 Å². The Balaban J connectivity index is 1.79. The second-order valence-corrected chi connectivity index (χ2v) is 9.62. The lowest BCUT2D eigenvalue weighted by Crippen LogP contribution is -2.34. The van der Waals surface area contributed by atoms with Crippen LogP contribution in [0.4, 0.5) is 0 Å². The number of amides is 1. The van der Waals surface area contributed by atoms with Crippen LogP contribution in [0.25, 0.3) is 0 Å². The van der Waals surface area contributed by atoms with Crippen LogP contribution in [0.3, 0.4) is 0 Å². The predicted octanol–water partition coefficient (Wildman–Crippen LogP) is 3.43. The molecule has 3 rings (SSSR count). The van der Waals surface area contributed by atoms with Crippen LogP contribution in [0.5, 0.6) is 0 Å². The van der Waals surface area contributed by atoms with Crippen molar-refractivity contribution in [3.8, 4) is 0 Å². The van der Waals surface area contributed by atoms with Crippen LogP contribution in [-0.4, -0.2) is 61.8 Å². The Labute approximate surface area is 188 Å². The number of rotatable bonds is 9. The Morgan fingerprint density at radius 2 is 1.93 bits per heavy atom. The van der Waals surface area contributed by atoms with Crippen molar-refractivity contribution in [3.05, 3.63) is 55.7 Å². The van der Waals surface area contributed by atoms with Crippen molar-refractivity contribution in [2.75, 3.05) is 40.3 Å². The first-order chi connectivity index (χ1) is 14.4. The molecule has 1 aromatic carbocycles. The number of fused-ring (bicyclic) bond motifs is 1. The molecule has 0 bridgehead atoms. The molecular weight excluding hydrogens is 418 g/mol. The molecule has 1 N–H and O–H groups in total. The highest BCUT2D eigenvalue weighted by Crippen LogP contribution is 2.34. The minimum Gasteiger partial charge on any atom is -0.351 e. The number of hydrogen-bond donors (Lipinski definition) is 1. The number of nitrogens with one attached hydrogen (secondary N) is 1. The minimum absolute atomic E-state index is 0.0476. The molecule has 0 atom stereocenters. The summed E-state index contributed by atoms with van der Waals surface area (Å²) in [4.78, 5) is 32.4. The summed E-state index contributed by atoms with van der Waals surface area (Å²) in [6.45, 7) is 6.34. The Morgan fingerprint density at radius 3 is 2.60 bits per heavy atom. The van der Waals surface area contributed by atoms with E-state index in [1.54, 1.807) is 23.5 Å². The predicted molar refractivity (Wildman–Crippen MR) is 124 cm³/mol. The highest BCUT2D eigenvalue weighted by atomic mass is 35.5. The maximum Gasteiger partial charge on any atom is 0.252 e. The van der Waals surface area contributed by atoms with Gasteiger partial charge in [-0.2, -0.15) is 0 Å². The average Bonchev–Trinajstić information content (AvgIpc) is 3.06. The van der Waals surface area contributed by atoms with Crippen LogP contribution < -0.4 is 5.32 Å². The zero-order valence-corrected chi connectivity index (χ0v) is 19.5. The lowest BCUT2D eigenvalue weighted by atomic mass is 9.98. The lowest BCUT2D eigenvalue weighted by molar-refractivity contribution is -0.117. The van der Waals surface area contributed by atoms with E-state index in [0.717, 1.165) is 54.2 Å². The van der Waals surface area contributed by atoms with E-state index >= 15 is 0 Å². The van der Waals surface area contributed by atoms with Gasteiger partial charge in [-0.1, -0.05) is 30.7 Å². The zero-order chi connectivity index (χ0) is 21.7. The van der Waals surface area contributed by atoms with Gasteiger partial charge in [0.1, 0.15) is 5.78 Å². The van der Waals surface area contributed by atoms with Gasteiger partial charge in [0, 0.05) is 53.8 Å². The first-order valence-corrected chi connectivity index (χ1v) is 11.6. The lowest BCUT2D eigenvalue weighted by Gasteiger charge is -2.25. The number of ketones is 1. The van der Waals surface area contributed by atoms with Crippen LogP contribution in [0.1, 0.15) is 38.2 Å². The van der Waals surface area contributed by atoms with Gasteiger partial charge in [-0.05, 0) is 50.3 Å². The Bertz CT molecular complexity index is 893. The second-order valence-electron chi connectivity index (χ2n) is 8.00. The van der Waals surface area contributed by atoms with Crippen molar-refractivity contribution in [2.24, 2.45) is 0 Å². The van der Waals surface area contributed by atoms with Crippen molar-refractivity contribution < 1.29 is 9.59 Å². The molecule has 0 fully saturated rings. The van der Waals surface area contributed by atoms with Crippen LogP contribution in [0.2, 0.25) is 5.02 Å². The van der Waals surface area contributed by atoms with Gasteiger partial charge in [0.25, 0.3) is 5.91 Å². The number of carbonyl (C=O) groups excluding carboxylic acids is 2. The SMILES string of the molecule is CCN1CCc2c(sc(CC(=O)Cc3ccc(Cl)cc3)c2C(=O)NCCN(C)C)C1. The van der Waals surface area contributed by atoms with E-state index in [-0.39, 0.29) is 11.7 Å². The molecule has 0 saturated carbocycles. The first kappa shape index (κ1) is 22.9. The molecule has 0 saturated heterocycles. The summed E-state index contributed by atoms with van der Waals surface area (Å²) in [6.07, 6.45) is 1.51. The van der Waals surface area contributed by atoms with Gasteiger partial charge in [0.2, 0.25) is 0 Å². The summed E-state index contributed by atoms with van der Waals surface area (Å²) >= 11 is 7.58. The molecule has 0 spiro atoms. The van der Waals surface area contributed by atoms with E-state index < -0.39 is 0 Å². The normalized spacial score (nSPS) is 14.0. The fourth-order valence-electron chi connectivity index (χ4n) is 3.72. The largest absolute Gasteiger partial charge is 0.351 e. The maximum atomic E-state index is 13.0. The molecule has 1 amide bonds. The van der Waals surface area contributed by atoms with Crippen LogP contribution in [0.15, 0.2) is 24.3 Å². The Hall–Kier alpha value is -1.73. The Morgan fingerprint density at radius 1 is 1.20 bits per heavy atom. The van der Waals surface area contributed by atoms with Gasteiger partial charge in [0.05, 0.1) is 5.56 Å². The van der Waals surface area contributed by atoms with Crippen LogP contribution in [-0.2, 0) is 30.6 Å². The molecule has 2 heterocycles. The van der Waals surface area contributed by atoms with Crippen molar-refractivity contribution in [2.45, 2.75) is 32.7 Å². The molecule has 162 valence electrons. The summed E-state index contributed by atoms with van der Waals surface area (Å²) < 4.78 is 0. The molecule has 7 heteroatoms. The molecule has 30 heavy (non-hydrogen) atoms. The van der Waals surface area contributed by atoms with E-state index in [2.05, 4.69) is 17.1 Å². The molecule has 1 aliphatic heterocycles. The average molecular weight is 448 g/mol. The van der Waals surface area contributed by atoms with Gasteiger partial charge in [-0.15, -0.1) is 11.3 Å². The van der Waals surface area contributed by atoms with E-state index in [1.165, 1.54) is 4.88 Å². The summed E-state index contributed by atoms with van der Waals surface area (Å²) in [6, 6.07) is 7.37. The fraction of sp³-hybridized carbons (Fsp3) is 0.478. The van der Waals surface area contributed by atoms with Gasteiger partial charge in [0.15, 0.2) is 0 Å². The van der Waals surface area contributed by atoms with E-state index in [0.29, 0.717) is 24.4 Å². The standard InChI is InChI=1S/C23H30ClN3O2S/c1-4-27-11-9-19-21(15-27)30-20(22(19)23(29)25-10-12-26(2)3)14-18(28)13-16-5-7-17(24)8-6-16/h5-8H,4,9-15H2,1-3H3,(H,25,29). The summed E-state index contributed by atoms with van der Waals surface area (Å²) in [5, 5.41) is 3.71. The molecule has 5 nitrogen and oxygen atoms in total. The molecule has 0 radical (unpaired) electrons. The number of benzene rings is 1. The van der Waals surface area contributed by atoms with E-state index in [4.69, 9.17) is 11.6 Å². The topological polar surface area (TPSA) is 52.7 Å². The number of halogens is 1. The highest BCUT2D eigenvalue weighted by Gasteiger charge is 2.28. The zero-order valence-electron chi connectivity index (χ0n) is 18.0. The van der Waals surface area contributed by atoms with Gasteiger partial charge in [-0.3, -0.25) is 14.5 Å². The number of carbonyl (C=O) groups is 2. The number of thiophene rings is 1. The van der Waals surface area contributed by atoms with Crippen molar-refractivity contribution >= 4 is 34.6 Å². The molecule has 0 aliphatic carbocycles. The fourth-order valence-corrected chi connectivity index (χ4v) is 5.27. The second kappa shape index (κ2) is 10.5. The molecule has 2 aromatic rings. The van der Waals surface area contributed by atoms with E-state index in [1.807, 2.05) is 31.1 Å². The highest BCUT2D eigenvalue weighted by molar-refractivity contribution is 7.12. The Kier molecular flexibility index (Phi) is 8.06. The van der Waals surface area contributed by atoms with E-state index in [9.17, 15) is 9.59 Å². The first-order valence-electron chi connectivity index (χ1n) is 10.4. The van der Waals surface area contributed by atoms with Crippen molar-refractivity contribution in [1.29, 1.82) is 0 Å². The van der Waals surface area contributed by atoms with Crippen molar-refractivity contribution in [1.82, 2.24) is 15.1 Å². The third-order valence-electron chi connectivity index (χ3n) is 5.40. The van der Waals surface area contributed by atoms with Crippen molar-refractivity contribution in [3.63, 3.8) is 0 Å². The quantitative estimate of drug-likeness (QED) is 0.639. The number of nitrogens with zero attached hydrogens (tertiary/aromatic N) is 2. The minimum atomic E-state index is -0.0476. The summed E-state index contributed by atoms with van der Waals surface area (Å²) in [7, 11) is 3.97. The number of hydrogen-bond acceptors (Lipinski definition) is 5. The number of likely N-dealkylation sites (N-methyl/N-ethyl adjacent to an activating group) is 2. The monoisotopic (exact) mass is 447 g/mol. The smallest absolute Gasteiger partial charge is 0.252 e.